The Bertz CT molecular complexity index is 1040. The van der Waals surface area contributed by atoms with Gasteiger partial charge in [0.1, 0.15) is 0 Å². The van der Waals surface area contributed by atoms with Gasteiger partial charge in [0.05, 0.1) is 24.7 Å². The second kappa shape index (κ2) is 11.2. The number of sulfonamides is 1. The summed E-state index contributed by atoms with van der Waals surface area (Å²) in [5, 5.41) is 2.89. The predicted octanol–water partition coefficient (Wildman–Crippen LogP) is 2.56. The molecule has 3 rings (SSSR count). The number of carbonyl (C=O) groups is 1. The first-order chi connectivity index (χ1) is 15.7. The van der Waals surface area contributed by atoms with Gasteiger partial charge in [-0.05, 0) is 44.4 Å². The topological polar surface area (TPSA) is 79.0 Å². The van der Waals surface area contributed by atoms with Crippen LogP contribution >= 0.6 is 0 Å². The maximum atomic E-state index is 13.7. The molecule has 0 saturated carbocycles. The second-order valence-corrected chi connectivity index (χ2v) is 10.7. The summed E-state index contributed by atoms with van der Waals surface area (Å²) >= 11 is 0. The molecule has 1 fully saturated rings. The van der Waals surface area contributed by atoms with Crippen LogP contribution in [0.3, 0.4) is 0 Å². The summed E-state index contributed by atoms with van der Waals surface area (Å²) in [6, 6.07) is 11.4. The third-order valence-electron chi connectivity index (χ3n) is 5.86. The molecule has 2 aromatic rings. The van der Waals surface area contributed by atoms with Crippen LogP contribution in [0.25, 0.3) is 0 Å². The minimum Gasteiger partial charge on any atom is -0.379 e. The van der Waals surface area contributed by atoms with Crippen molar-refractivity contribution >= 4 is 15.9 Å². The molecule has 7 nitrogen and oxygen atoms in total. The molecule has 1 aliphatic heterocycles. The highest BCUT2D eigenvalue weighted by atomic mass is 32.2. The number of hydrogen-bond donors (Lipinski definition) is 1. The highest BCUT2D eigenvalue weighted by Crippen LogP contribution is 2.26. The van der Waals surface area contributed by atoms with Crippen LogP contribution in [-0.4, -0.2) is 69.5 Å². The Balaban J connectivity index is 1.78. The molecular formula is C25H35N3O4S. The lowest BCUT2D eigenvalue weighted by Gasteiger charge is -2.27. The van der Waals surface area contributed by atoms with Gasteiger partial charge in [-0.25, -0.2) is 8.42 Å². The van der Waals surface area contributed by atoms with Gasteiger partial charge in [-0.2, -0.15) is 4.31 Å². The van der Waals surface area contributed by atoms with E-state index < -0.39 is 10.0 Å². The Morgan fingerprint density at radius 1 is 1.00 bits per heavy atom. The van der Waals surface area contributed by atoms with Crippen LogP contribution in [0, 0.1) is 27.7 Å². The summed E-state index contributed by atoms with van der Waals surface area (Å²) in [7, 11) is -3.88. The molecule has 1 heterocycles. The second-order valence-electron chi connectivity index (χ2n) is 8.79. The summed E-state index contributed by atoms with van der Waals surface area (Å²) in [4.78, 5) is 15.3. The van der Waals surface area contributed by atoms with E-state index >= 15 is 0 Å². The molecule has 0 radical (unpaired) electrons. The highest BCUT2D eigenvalue weighted by Gasteiger charge is 2.30. The number of ether oxygens (including phenoxy) is 1. The molecule has 0 atom stereocenters. The van der Waals surface area contributed by atoms with E-state index in [0.29, 0.717) is 30.9 Å². The molecule has 0 unspecified atom stereocenters. The fourth-order valence-electron chi connectivity index (χ4n) is 4.22. The van der Waals surface area contributed by atoms with Crippen molar-refractivity contribution in [1.82, 2.24) is 14.5 Å². The van der Waals surface area contributed by atoms with Crippen molar-refractivity contribution in [3.05, 3.63) is 64.2 Å². The van der Waals surface area contributed by atoms with Crippen LogP contribution < -0.4 is 5.32 Å². The minimum atomic E-state index is -3.88. The summed E-state index contributed by atoms with van der Waals surface area (Å²) in [5.74, 6) is -0.304. The Hall–Kier alpha value is -2.26. The molecule has 1 N–H and O–H groups in total. The molecule has 1 amide bonds. The maximum absolute atomic E-state index is 13.7. The number of amides is 1. The fourth-order valence-corrected chi connectivity index (χ4v) is 6.02. The van der Waals surface area contributed by atoms with Gasteiger partial charge in [-0.1, -0.05) is 47.5 Å². The van der Waals surface area contributed by atoms with Gasteiger partial charge < -0.3 is 10.1 Å². The average Bonchev–Trinajstić information content (AvgIpc) is 2.74. The van der Waals surface area contributed by atoms with Crippen LogP contribution in [0.5, 0.6) is 0 Å². The minimum absolute atomic E-state index is 0.131. The zero-order valence-corrected chi connectivity index (χ0v) is 20.9. The number of hydrogen-bond acceptors (Lipinski definition) is 5. The smallest absolute Gasteiger partial charge is 0.244 e. The molecule has 1 aliphatic rings. The number of morpholine rings is 1. The summed E-state index contributed by atoms with van der Waals surface area (Å²) in [6.45, 7) is 11.7. The number of carbonyl (C=O) groups excluding carboxylic acids is 1. The van der Waals surface area contributed by atoms with Crippen molar-refractivity contribution in [1.29, 1.82) is 0 Å². The van der Waals surface area contributed by atoms with E-state index in [1.807, 2.05) is 50.2 Å². The van der Waals surface area contributed by atoms with Crippen molar-refractivity contribution < 1.29 is 17.9 Å². The summed E-state index contributed by atoms with van der Waals surface area (Å²) in [5.41, 5.74) is 4.32. The third kappa shape index (κ3) is 6.86. The van der Waals surface area contributed by atoms with Crippen molar-refractivity contribution in [2.24, 2.45) is 0 Å². The van der Waals surface area contributed by atoms with E-state index in [4.69, 9.17) is 4.74 Å². The Kier molecular flexibility index (Phi) is 8.64. The van der Waals surface area contributed by atoms with Gasteiger partial charge in [-0.3, -0.25) is 9.69 Å². The van der Waals surface area contributed by atoms with Gasteiger partial charge in [0.25, 0.3) is 0 Å². The van der Waals surface area contributed by atoms with Crippen LogP contribution in [0.2, 0.25) is 0 Å². The Morgan fingerprint density at radius 2 is 1.61 bits per heavy atom. The number of nitrogens with zero attached hydrogens (tertiary/aromatic N) is 2. The predicted molar refractivity (Wildman–Crippen MR) is 130 cm³/mol. The fraction of sp³-hybridized carbons (Fsp3) is 0.480. The van der Waals surface area contributed by atoms with Crippen molar-refractivity contribution in [3.8, 4) is 0 Å². The molecule has 33 heavy (non-hydrogen) atoms. The van der Waals surface area contributed by atoms with E-state index in [-0.39, 0.29) is 23.9 Å². The average molecular weight is 474 g/mol. The molecule has 0 aliphatic carbocycles. The highest BCUT2D eigenvalue weighted by molar-refractivity contribution is 7.89. The molecule has 0 bridgehead atoms. The largest absolute Gasteiger partial charge is 0.379 e. The molecule has 0 aromatic heterocycles. The van der Waals surface area contributed by atoms with Crippen molar-refractivity contribution in [2.75, 3.05) is 45.9 Å². The van der Waals surface area contributed by atoms with Gasteiger partial charge in [0.2, 0.25) is 15.9 Å². The van der Waals surface area contributed by atoms with Crippen LogP contribution in [0.4, 0.5) is 0 Å². The van der Waals surface area contributed by atoms with E-state index in [0.717, 1.165) is 36.3 Å². The standard InChI is InChI=1S/C25H35N3O4S/c1-19-5-7-23(8-6-19)17-28(18-24(29)26-9-10-27-11-13-32-14-12-27)33(30,31)25-21(3)15-20(2)16-22(25)4/h5-8,15-16H,9-14,17-18H2,1-4H3,(H,26,29). The first kappa shape index (κ1) is 25.4. The van der Waals surface area contributed by atoms with Crippen molar-refractivity contribution in [3.63, 3.8) is 0 Å². The van der Waals surface area contributed by atoms with Crippen molar-refractivity contribution in [2.45, 2.75) is 39.1 Å². The number of rotatable bonds is 9. The quantitative estimate of drug-likeness (QED) is 0.606. The molecule has 180 valence electrons. The van der Waals surface area contributed by atoms with Crippen LogP contribution in [0.15, 0.2) is 41.3 Å². The first-order valence-electron chi connectivity index (χ1n) is 11.4. The van der Waals surface area contributed by atoms with Crippen LogP contribution in [-0.2, 0) is 26.1 Å². The lowest BCUT2D eigenvalue weighted by Crippen LogP contribution is -2.44. The van der Waals surface area contributed by atoms with E-state index in [9.17, 15) is 13.2 Å². The number of nitrogens with one attached hydrogen (secondary N) is 1. The lowest BCUT2D eigenvalue weighted by molar-refractivity contribution is -0.121. The first-order valence-corrected chi connectivity index (χ1v) is 12.8. The zero-order valence-electron chi connectivity index (χ0n) is 20.1. The van der Waals surface area contributed by atoms with E-state index in [1.165, 1.54) is 4.31 Å². The lowest BCUT2D eigenvalue weighted by atomic mass is 10.1. The SMILES string of the molecule is Cc1ccc(CN(CC(=O)NCCN2CCOCC2)S(=O)(=O)c2c(C)cc(C)cc2C)cc1. The molecular weight excluding hydrogens is 438 g/mol. The zero-order chi connectivity index (χ0) is 24.0. The monoisotopic (exact) mass is 473 g/mol. The van der Waals surface area contributed by atoms with Crippen LogP contribution in [0.1, 0.15) is 27.8 Å². The number of aryl methyl sites for hydroxylation is 4. The molecule has 0 spiro atoms. The van der Waals surface area contributed by atoms with Gasteiger partial charge in [0.15, 0.2) is 0 Å². The molecule has 1 saturated heterocycles. The maximum Gasteiger partial charge on any atom is 0.244 e. The molecule has 8 heteroatoms. The number of benzene rings is 2. The van der Waals surface area contributed by atoms with E-state index in [2.05, 4.69) is 10.2 Å². The van der Waals surface area contributed by atoms with Gasteiger partial charge in [0, 0.05) is 32.7 Å². The molecule has 2 aromatic carbocycles. The van der Waals surface area contributed by atoms with Gasteiger partial charge >= 0.3 is 0 Å². The Labute approximate surface area is 197 Å². The third-order valence-corrected chi connectivity index (χ3v) is 7.95. The van der Waals surface area contributed by atoms with E-state index in [1.54, 1.807) is 13.8 Å². The summed E-state index contributed by atoms with van der Waals surface area (Å²) in [6.07, 6.45) is 0. The normalized spacial score (nSPS) is 15.1. The Morgan fingerprint density at radius 3 is 2.21 bits per heavy atom. The summed E-state index contributed by atoms with van der Waals surface area (Å²) < 4.78 is 34.1. The van der Waals surface area contributed by atoms with Gasteiger partial charge in [-0.15, -0.1) is 0 Å².